The Kier molecular flexibility index (Phi) is 5.45. The van der Waals surface area contributed by atoms with Crippen molar-refractivity contribution in [2.75, 3.05) is 7.11 Å². The van der Waals surface area contributed by atoms with Gasteiger partial charge in [-0.3, -0.25) is 4.57 Å². The molecule has 2 aromatic carbocycles. The van der Waals surface area contributed by atoms with Gasteiger partial charge < -0.3 is 19.6 Å². The molecule has 1 aliphatic carbocycles. The number of benzene rings is 2. The lowest BCUT2D eigenvalue weighted by molar-refractivity contribution is 0.0596. The summed E-state index contributed by atoms with van der Waals surface area (Å²) in [4.78, 5) is 14.7. The molecule has 0 saturated heterocycles. The Morgan fingerprint density at radius 2 is 1.86 bits per heavy atom. The first-order valence-corrected chi connectivity index (χ1v) is 9.97. The van der Waals surface area contributed by atoms with Crippen LogP contribution in [0.25, 0.3) is 0 Å². The van der Waals surface area contributed by atoms with Crippen molar-refractivity contribution in [2.24, 2.45) is 0 Å². The van der Waals surface area contributed by atoms with Crippen LogP contribution in [0.5, 0.6) is 11.5 Å². The number of nitrogens with zero attached hydrogens (tertiary/aromatic N) is 1. The van der Waals surface area contributed by atoms with Crippen LogP contribution < -0.4 is 15.2 Å². The number of ether oxygens (including phenoxy) is 2. The quantitative estimate of drug-likeness (QED) is 0.644. The first-order chi connectivity index (χ1) is 14.1. The zero-order valence-electron chi connectivity index (χ0n) is 16.5. The van der Waals surface area contributed by atoms with E-state index in [1.54, 1.807) is 19.5 Å². The van der Waals surface area contributed by atoms with Crippen molar-refractivity contribution in [1.29, 1.82) is 0 Å². The lowest BCUT2D eigenvalue weighted by Crippen LogP contribution is -2.36. The molecule has 1 atom stereocenters. The molecule has 1 heterocycles. The molecule has 3 aromatic rings. The predicted octanol–water partition coefficient (Wildman–Crippen LogP) is 3.44. The highest BCUT2D eigenvalue weighted by molar-refractivity contribution is 5.47. The van der Waals surface area contributed by atoms with Gasteiger partial charge in [0.05, 0.1) is 19.8 Å². The number of H-pyrrole nitrogens is 1. The highest BCUT2D eigenvalue weighted by Crippen LogP contribution is 2.38. The smallest absolute Gasteiger partial charge is 0.325 e. The average molecular weight is 394 g/mol. The monoisotopic (exact) mass is 394 g/mol. The zero-order valence-corrected chi connectivity index (χ0v) is 16.5. The van der Waals surface area contributed by atoms with Crippen LogP contribution in [0.3, 0.4) is 0 Å². The van der Waals surface area contributed by atoms with Crippen LogP contribution in [0, 0.1) is 0 Å². The van der Waals surface area contributed by atoms with E-state index in [2.05, 4.69) is 4.98 Å². The van der Waals surface area contributed by atoms with Gasteiger partial charge in [0.1, 0.15) is 5.60 Å². The summed E-state index contributed by atoms with van der Waals surface area (Å²) in [5.74, 6) is 1.25. The van der Waals surface area contributed by atoms with E-state index >= 15 is 0 Å². The van der Waals surface area contributed by atoms with Crippen molar-refractivity contribution in [3.05, 3.63) is 82.5 Å². The highest BCUT2D eigenvalue weighted by atomic mass is 16.5. The van der Waals surface area contributed by atoms with Gasteiger partial charge in [-0.2, -0.15) is 0 Å². The van der Waals surface area contributed by atoms with Crippen LogP contribution >= 0.6 is 0 Å². The van der Waals surface area contributed by atoms with E-state index < -0.39 is 5.60 Å². The normalized spacial score (nSPS) is 16.5. The van der Waals surface area contributed by atoms with E-state index in [1.165, 1.54) is 4.57 Å². The lowest BCUT2D eigenvalue weighted by Gasteiger charge is -2.30. The lowest BCUT2D eigenvalue weighted by atomic mass is 9.86. The van der Waals surface area contributed by atoms with Gasteiger partial charge in [0, 0.05) is 12.4 Å². The van der Waals surface area contributed by atoms with E-state index in [4.69, 9.17) is 9.47 Å². The summed E-state index contributed by atoms with van der Waals surface area (Å²) in [5.41, 5.74) is -0.334. The number of methoxy groups -OCH3 is 1. The van der Waals surface area contributed by atoms with Crippen molar-refractivity contribution in [3.63, 3.8) is 0 Å². The third-order valence-electron chi connectivity index (χ3n) is 5.61. The number of aliphatic hydroxyl groups is 1. The molecule has 0 aliphatic heterocycles. The molecule has 0 radical (unpaired) electrons. The average Bonchev–Trinajstić information content (AvgIpc) is 3.40. The number of imidazole rings is 1. The predicted molar refractivity (Wildman–Crippen MR) is 110 cm³/mol. The summed E-state index contributed by atoms with van der Waals surface area (Å²) in [6.45, 7) is 0.0779. The van der Waals surface area contributed by atoms with Gasteiger partial charge in [0.15, 0.2) is 11.5 Å². The number of nitrogens with one attached hydrogen (secondary N) is 1. The van der Waals surface area contributed by atoms with Crippen LogP contribution in [0.1, 0.15) is 36.8 Å². The van der Waals surface area contributed by atoms with Gasteiger partial charge in [-0.05, 0) is 48.9 Å². The van der Waals surface area contributed by atoms with Crippen LogP contribution in [0.2, 0.25) is 0 Å². The number of hydrogen-bond donors (Lipinski definition) is 2. The van der Waals surface area contributed by atoms with E-state index in [0.29, 0.717) is 22.6 Å². The Morgan fingerprint density at radius 1 is 1.10 bits per heavy atom. The third kappa shape index (κ3) is 3.93. The van der Waals surface area contributed by atoms with Gasteiger partial charge in [0.25, 0.3) is 0 Å². The van der Waals surface area contributed by atoms with Crippen LogP contribution in [0.4, 0.5) is 0 Å². The second kappa shape index (κ2) is 8.17. The van der Waals surface area contributed by atoms with Gasteiger partial charge in [0.2, 0.25) is 0 Å². The van der Waals surface area contributed by atoms with Crippen LogP contribution in [-0.4, -0.2) is 27.9 Å². The van der Waals surface area contributed by atoms with Crippen LogP contribution in [0.15, 0.2) is 65.7 Å². The Bertz CT molecular complexity index is 1000. The third-order valence-corrected chi connectivity index (χ3v) is 5.61. The molecule has 0 spiro atoms. The minimum atomic E-state index is -1.41. The zero-order chi connectivity index (χ0) is 20.3. The maximum atomic E-state index is 12.1. The van der Waals surface area contributed by atoms with Crippen LogP contribution in [-0.2, 0) is 12.1 Å². The SMILES string of the molecule is COc1ccc(C(O)(Cn2cc[nH]c2=O)c2ccccc2)cc1OC1CCCC1. The molecular weight excluding hydrogens is 368 g/mol. The molecule has 1 fully saturated rings. The standard InChI is InChI=1S/C23H26N2O4/c1-28-20-12-11-18(15-21(20)29-19-9-5-6-10-19)23(27,17-7-3-2-4-8-17)16-25-14-13-24-22(25)26/h2-4,7-8,11-15,19,27H,5-6,9-10,16H2,1H3,(H,24,26). The second-order valence-electron chi connectivity index (χ2n) is 7.51. The molecule has 1 aliphatic rings. The highest BCUT2D eigenvalue weighted by Gasteiger charge is 2.34. The summed E-state index contributed by atoms with van der Waals surface area (Å²) in [6.07, 6.45) is 7.74. The van der Waals surface area contributed by atoms with E-state index in [0.717, 1.165) is 25.7 Å². The fourth-order valence-electron chi connectivity index (χ4n) is 4.00. The van der Waals surface area contributed by atoms with Gasteiger partial charge >= 0.3 is 5.69 Å². The molecule has 4 rings (SSSR count). The molecule has 6 nitrogen and oxygen atoms in total. The minimum absolute atomic E-state index is 0.0779. The molecule has 6 heteroatoms. The van der Waals surface area contributed by atoms with E-state index in [1.807, 2.05) is 48.5 Å². The Balaban J connectivity index is 1.77. The van der Waals surface area contributed by atoms with Gasteiger partial charge in [-0.25, -0.2) is 4.79 Å². The molecule has 0 bridgehead atoms. The fourth-order valence-corrected chi connectivity index (χ4v) is 4.00. The number of aromatic nitrogens is 2. The maximum absolute atomic E-state index is 12.1. The molecule has 2 N–H and O–H groups in total. The molecule has 152 valence electrons. The Labute approximate surface area is 169 Å². The van der Waals surface area contributed by atoms with Crippen molar-refractivity contribution in [1.82, 2.24) is 9.55 Å². The maximum Gasteiger partial charge on any atom is 0.325 e. The second-order valence-corrected chi connectivity index (χ2v) is 7.51. The van der Waals surface area contributed by atoms with E-state index in [9.17, 15) is 9.90 Å². The summed E-state index contributed by atoms with van der Waals surface area (Å²) in [6, 6.07) is 14.8. The number of aromatic amines is 1. The Hall–Kier alpha value is -2.99. The van der Waals surface area contributed by atoms with Crippen molar-refractivity contribution < 1.29 is 14.6 Å². The van der Waals surface area contributed by atoms with Crippen molar-refractivity contribution in [3.8, 4) is 11.5 Å². The summed E-state index contributed by atoms with van der Waals surface area (Å²) in [7, 11) is 1.61. The molecular formula is C23H26N2O4. The fraction of sp³-hybridized carbons (Fsp3) is 0.348. The minimum Gasteiger partial charge on any atom is -0.493 e. The molecule has 1 saturated carbocycles. The topological polar surface area (TPSA) is 76.5 Å². The van der Waals surface area contributed by atoms with Crippen molar-refractivity contribution in [2.45, 2.75) is 43.9 Å². The van der Waals surface area contributed by atoms with Crippen molar-refractivity contribution >= 4 is 0 Å². The molecule has 0 amide bonds. The summed E-state index contributed by atoms with van der Waals surface area (Å²) in [5, 5.41) is 11.8. The Morgan fingerprint density at radius 3 is 2.52 bits per heavy atom. The summed E-state index contributed by atoms with van der Waals surface area (Å²) >= 11 is 0. The first-order valence-electron chi connectivity index (χ1n) is 9.97. The first kappa shape index (κ1) is 19.3. The molecule has 29 heavy (non-hydrogen) atoms. The largest absolute Gasteiger partial charge is 0.493 e. The molecule has 1 aromatic heterocycles. The number of hydrogen-bond acceptors (Lipinski definition) is 4. The van der Waals surface area contributed by atoms with Gasteiger partial charge in [-0.15, -0.1) is 0 Å². The molecule has 1 unspecified atom stereocenters. The van der Waals surface area contributed by atoms with Gasteiger partial charge in [-0.1, -0.05) is 36.4 Å². The number of rotatable bonds is 7. The summed E-state index contributed by atoms with van der Waals surface area (Å²) < 4.78 is 13.2. The van der Waals surface area contributed by atoms with E-state index in [-0.39, 0.29) is 18.3 Å².